The molecule has 1 aliphatic heterocycles. The van der Waals surface area contributed by atoms with Gasteiger partial charge in [0.25, 0.3) is 0 Å². The molecule has 0 saturated carbocycles. The van der Waals surface area contributed by atoms with Gasteiger partial charge in [-0.15, -0.1) is 0 Å². The van der Waals surface area contributed by atoms with Crippen molar-refractivity contribution in [2.24, 2.45) is 0 Å². The number of amides is 2. The van der Waals surface area contributed by atoms with Gasteiger partial charge in [0.1, 0.15) is 5.82 Å². The van der Waals surface area contributed by atoms with Crippen LogP contribution < -0.4 is 5.32 Å². The Balaban J connectivity index is 1.38. The van der Waals surface area contributed by atoms with Crippen molar-refractivity contribution in [1.29, 1.82) is 0 Å². The number of fused-ring (bicyclic) bond motifs is 1. The normalized spacial score (nSPS) is 17.1. The SMILES string of the molecule is O=C(NCCCn1ccnc1)N1CCCC1c1nc2ccc(Cl)cc2[nH]1. The van der Waals surface area contributed by atoms with Crippen LogP contribution in [0.2, 0.25) is 5.02 Å². The topological polar surface area (TPSA) is 78.8 Å². The summed E-state index contributed by atoms with van der Waals surface area (Å²) in [6.45, 7) is 2.22. The minimum Gasteiger partial charge on any atom is -0.340 e. The molecule has 1 unspecified atom stereocenters. The van der Waals surface area contributed by atoms with E-state index < -0.39 is 0 Å². The number of halogens is 1. The molecule has 0 radical (unpaired) electrons. The molecule has 0 spiro atoms. The molecule has 8 heteroatoms. The molecular formula is C18H21ClN6O. The summed E-state index contributed by atoms with van der Waals surface area (Å²) in [5, 5.41) is 3.69. The van der Waals surface area contributed by atoms with Gasteiger partial charge in [0.05, 0.1) is 23.4 Å². The molecule has 1 fully saturated rings. The zero-order valence-corrected chi connectivity index (χ0v) is 15.1. The summed E-state index contributed by atoms with van der Waals surface area (Å²) in [5.74, 6) is 0.827. The van der Waals surface area contributed by atoms with Crippen molar-refractivity contribution in [1.82, 2.24) is 29.7 Å². The number of H-pyrrole nitrogens is 1. The second-order valence-corrected chi connectivity index (χ2v) is 6.96. The third kappa shape index (κ3) is 3.53. The molecule has 136 valence electrons. The highest BCUT2D eigenvalue weighted by Gasteiger charge is 2.32. The number of aromatic nitrogens is 4. The summed E-state index contributed by atoms with van der Waals surface area (Å²) in [4.78, 5) is 26.5. The van der Waals surface area contributed by atoms with Gasteiger partial charge in [-0.3, -0.25) is 0 Å². The van der Waals surface area contributed by atoms with E-state index >= 15 is 0 Å². The fraction of sp³-hybridized carbons (Fsp3) is 0.389. The van der Waals surface area contributed by atoms with Crippen LogP contribution in [0.25, 0.3) is 11.0 Å². The molecule has 0 aliphatic carbocycles. The molecule has 2 aromatic heterocycles. The van der Waals surface area contributed by atoms with Crippen LogP contribution in [-0.4, -0.2) is 43.5 Å². The second kappa shape index (κ2) is 7.37. The van der Waals surface area contributed by atoms with E-state index in [1.165, 1.54) is 0 Å². The molecule has 7 nitrogen and oxygen atoms in total. The standard InChI is InChI=1S/C18H21ClN6O/c19-13-4-5-14-15(11-13)23-17(22-14)16-3-1-9-25(16)18(26)21-6-2-8-24-10-7-20-12-24/h4-5,7,10-12,16H,1-3,6,8-9H2,(H,21,26)(H,22,23). The summed E-state index contributed by atoms with van der Waals surface area (Å²) in [7, 11) is 0. The Morgan fingerprint density at radius 2 is 2.35 bits per heavy atom. The van der Waals surface area contributed by atoms with Crippen molar-refractivity contribution in [2.75, 3.05) is 13.1 Å². The van der Waals surface area contributed by atoms with Crippen molar-refractivity contribution in [3.63, 3.8) is 0 Å². The van der Waals surface area contributed by atoms with E-state index in [-0.39, 0.29) is 12.1 Å². The van der Waals surface area contributed by atoms with Crippen LogP contribution in [0.5, 0.6) is 0 Å². The number of rotatable bonds is 5. The van der Waals surface area contributed by atoms with Gasteiger partial charge >= 0.3 is 6.03 Å². The fourth-order valence-corrected chi connectivity index (χ4v) is 3.60. The van der Waals surface area contributed by atoms with Crippen LogP contribution in [0.15, 0.2) is 36.9 Å². The molecular weight excluding hydrogens is 352 g/mol. The van der Waals surface area contributed by atoms with Crippen LogP contribution >= 0.6 is 11.6 Å². The molecule has 3 aromatic rings. The largest absolute Gasteiger partial charge is 0.340 e. The first-order valence-electron chi connectivity index (χ1n) is 8.86. The maximum absolute atomic E-state index is 12.6. The molecule has 26 heavy (non-hydrogen) atoms. The Labute approximate surface area is 156 Å². The zero-order valence-electron chi connectivity index (χ0n) is 14.4. The predicted octanol–water partition coefficient (Wildman–Crippen LogP) is 3.35. The van der Waals surface area contributed by atoms with E-state index in [0.29, 0.717) is 11.6 Å². The number of carbonyl (C=O) groups excluding carboxylic acids is 1. The first-order chi connectivity index (χ1) is 12.7. The number of benzene rings is 1. The van der Waals surface area contributed by atoms with Gasteiger partial charge in [-0.2, -0.15) is 0 Å². The van der Waals surface area contributed by atoms with Crippen LogP contribution in [0.3, 0.4) is 0 Å². The highest BCUT2D eigenvalue weighted by molar-refractivity contribution is 6.31. The van der Waals surface area contributed by atoms with Crippen LogP contribution in [0.1, 0.15) is 31.1 Å². The Bertz CT molecular complexity index is 890. The first kappa shape index (κ1) is 16.9. The molecule has 2 N–H and O–H groups in total. The maximum Gasteiger partial charge on any atom is 0.318 e. The van der Waals surface area contributed by atoms with Gasteiger partial charge in [0, 0.05) is 37.1 Å². The zero-order chi connectivity index (χ0) is 17.9. The van der Waals surface area contributed by atoms with Crippen molar-refractivity contribution in [3.05, 3.63) is 47.8 Å². The highest BCUT2D eigenvalue weighted by atomic mass is 35.5. The number of hydrogen-bond donors (Lipinski definition) is 2. The lowest BCUT2D eigenvalue weighted by molar-refractivity contribution is 0.191. The number of urea groups is 1. The summed E-state index contributed by atoms with van der Waals surface area (Å²) >= 11 is 6.05. The average Bonchev–Trinajstić information content (AvgIpc) is 3.37. The lowest BCUT2D eigenvalue weighted by Gasteiger charge is -2.23. The Morgan fingerprint density at radius 3 is 3.19 bits per heavy atom. The Hall–Kier alpha value is -2.54. The summed E-state index contributed by atoms with van der Waals surface area (Å²) in [5.41, 5.74) is 1.78. The van der Waals surface area contributed by atoms with Gasteiger partial charge in [-0.1, -0.05) is 11.6 Å². The number of carbonyl (C=O) groups is 1. The van der Waals surface area contributed by atoms with Crippen molar-refractivity contribution in [2.45, 2.75) is 31.8 Å². The number of hydrogen-bond acceptors (Lipinski definition) is 3. The van der Waals surface area contributed by atoms with Crippen molar-refractivity contribution in [3.8, 4) is 0 Å². The summed E-state index contributed by atoms with van der Waals surface area (Å²) < 4.78 is 2.00. The van der Waals surface area contributed by atoms with E-state index in [0.717, 1.165) is 49.2 Å². The number of imidazole rings is 2. The minimum absolute atomic E-state index is 0.0187. The van der Waals surface area contributed by atoms with Crippen molar-refractivity contribution < 1.29 is 4.79 Å². The van der Waals surface area contributed by atoms with E-state index in [1.54, 1.807) is 12.5 Å². The molecule has 1 aliphatic rings. The Morgan fingerprint density at radius 1 is 1.42 bits per heavy atom. The third-order valence-corrected chi connectivity index (χ3v) is 4.96. The van der Waals surface area contributed by atoms with Crippen molar-refractivity contribution >= 4 is 28.7 Å². The summed E-state index contributed by atoms with van der Waals surface area (Å²) in [6, 6.07) is 5.54. The van der Waals surface area contributed by atoms with Gasteiger partial charge in [0.15, 0.2) is 0 Å². The van der Waals surface area contributed by atoms with E-state index in [1.807, 2.05) is 33.9 Å². The van der Waals surface area contributed by atoms with Gasteiger partial charge in [-0.25, -0.2) is 14.8 Å². The quantitative estimate of drug-likeness (QED) is 0.674. The molecule has 1 atom stereocenters. The fourth-order valence-electron chi connectivity index (χ4n) is 3.43. The lowest BCUT2D eigenvalue weighted by Crippen LogP contribution is -2.40. The molecule has 4 rings (SSSR count). The van der Waals surface area contributed by atoms with Gasteiger partial charge in [-0.05, 0) is 37.5 Å². The predicted molar refractivity (Wildman–Crippen MR) is 100 cm³/mol. The number of aromatic amines is 1. The third-order valence-electron chi connectivity index (χ3n) is 4.72. The number of likely N-dealkylation sites (tertiary alicyclic amines) is 1. The number of aryl methyl sites for hydroxylation is 1. The highest BCUT2D eigenvalue weighted by Crippen LogP contribution is 2.31. The van der Waals surface area contributed by atoms with E-state index in [2.05, 4.69) is 20.3 Å². The first-order valence-corrected chi connectivity index (χ1v) is 9.24. The van der Waals surface area contributed by atoms with Crippen LogP contribution in [0, 0.1) is 0 Å². The average molecular weight is 373 g/mol. The number of nitrogens with zero attached hydrogens (tertiary/aromatic N) is 4. The monoisotopic (exact) mass is 372 g/mol. The maximum atomic E-state index is 12.6. The van der Waals surface area contributed by atoms with E-state index in [4.69, 9.17) is 11.6 Å². The smallest absolute Gasteiger partial charge is 0.318 e. The van der Waals surface area contributed by atoms with Gasteiger partial charge in [0.2, 0.25) is 0 Å². The molecule has 0 bridgehead atoms. The molecule has 1 saturated heterocycles. The number of nitrogens with one attached hydrogen (secondary N) is 2. The van der Waals surface area contributed by atoms with Gasteiger partial charge < -0.3 is 19.8 Å². The summed E-state index contributed by atoms with van der Waals surface area (Å²) in [6.07, 6.45) is 8.22. The lowest BCUT2D eigenvalue weighted by atomic mass is 10.2. The Kier molecular flexibility index (Phi) is 4.79. The molecule has 3 heterocycles. The van der Waals surface area contributed by atoms with Crippen LogP contribution in [0.4, 0.5) is 4.79 Å². The second-order valence-electron chi connectivity index (χ2n) is 6.52. The van der Waals surface area contributed by atoms with E-state index in [9.17, 15) is 4.79 Å². The minimum atomic E-state index is -0.0309. The van der Waals surface area contributed by atoms with Crippen LogP contribution in [-0.2, 0) is 6.54 Å². The molecule has 2 amide bonds. The molecule has 1 aromatic carbocycles.